The molecule has 0 atom stereocenters. The fourth-order valence-electron chi connectivity index (χ4n) is 4.09. The largest absolute Gasteiger partial charge is 0.324 e. The molecule has 2 aliphatic rings. The molecular weight excluding hydrogens is 342 g/mol. The van der Waals surface area contributed by atoms with Gasteiger partial charge < -0.3 is 4.90 Å². The van der Waals surface area contributed by atoms with Gasteiger partial charge in [0.05, 0.1) is 15.2 Å². The lowest BCUT2D eigenvalue weighted by Gasteiger charge is -2.34. The van der Waals surface area contributed by atoms with Crippen molar-refractivity contribution < 1.29 is 4.79 Å². The molecule has 2 aliphatic heterocycles. The van der Waals surface area contributed by atoms with Gasteiger partial charge in [-0.1, -0.05) is 30.3 Å². The van der Waals surface area contributed by atoms with E-state index >= 15 is 0 Å². The molecule has 2 amide bonds. The summed E-state index contributed by atoms with van der Waals surface area (Å²) in [7, 11) is 0. The number of piperidine rings is 1. The van der Waals surface area contributed by atoms with E-state index in [9.17, 15) is 4.79 Å². The second-order valence-corrected chi connectivity index (χ2v) is 8.16. The highest BCUT2D eigenvalue weighted by Gasteiger charge is 2.31. The second-order valence-electron chi connectivity index (χ2n) is 7.09. The van der Waals surface area contributed by atoms with Crippen molar-refractivity contribution in [3.05, 3.63) is 59.1 Å². The Bertz CT molecular complexity index is 926. The fraction of sp³-hybridized carbons (Fsp3) is 0.333. The molecule has 0 spiro atoms. The van der Waals surface area contributed by atoms with E-state index in [-0.39, 0.29) is 6.03 Å². The van der Waals surface area contributed by atoms with Crippen LogP contribution in [0, 0.1) is 0 Å². The molecular formula is C21H21N3OS. The summed E-state index contributed by atoms with van der Waals surface area (Å²) in [5, 5.41) is 1.23. The Kier molecular flexibility index (Phi) is 3.89. The van der Waals surface area contributed by atoms with E-state index < -0.39 is 0 Å². The standard InChI is InChI=1S/C21H21N3OS/c25-21(24-14-11-15-5-1-3-7-18(15)24)23-12-9-16(10-13-23)20-22-17-6-2-4-8-19(17)26-20/h1-8,16H,9-14H2. The van der Waals surface area contributed by atoms with Crippen LogP contribution in [0.15, 0.2) is 48.5 Å². The highest BCUT2D eigenvalue weighted by Crippen LogP contribution is 2.35. The smallest absolute Gasteiger partial charge is 0.324 e. The molecule has 1 fully saturated rings. The zero-order valence-corrected chi connectivity index (χ0v) is 15.4. The molecule has 5 heteroatoms. The number of likely N-dealkylation sites (tertiary alicyclic amines) is 1. The molecule has 1 saturated heterocycles. The molecule has 132 valence electrons. The molecule has 3 heterocycles. The number of amides is 2. The number of anilines is 1. The lowest BCUT2D eigenvalue weighted by Crippen LogP contribution is -2.46. The number of hydrogen-bond donors (Lipinski definition) is 0. The van der Waals surface area contributed by atoms with Crippen LogP contribution in [-0.2, 0) is 6.42 Å². The van der Waals surface area contributed by atoms with Crippen molar-refractivity contribution >= 4 is 33.3 Å². The van der Waals surface area contributed by atoms with E-state index in [4.69, 9.17) is 4.98 Å². The minimum Gasteiger partial charge on any atom is -0.324 e. The first kappa shape index (κ1) is 15.8. The third kappa shape index (κ3) is 2.67. The Balaban J connectivity index is 1.28. The van der Waals surface area contributed by atoms with Crippen LogP contribution in [0.2, 0.25) is 0 Å². The average Bonchev–Trinajstić information content (AvgIpc) is 3.32. The van der Waals surface area contributed by atoms with Gasteiger partial charge >= 0.3 is 6.03 Å². The van der Waals surface area contributed by atoms with E-state index in [1.54, 1.807) is 11.3 Å². The van der Waals surface area contributed by atoms with Gasteiger partial charge in [-0.05, 0) is 43.0 Å². The molecule has 0 radical (unpaired) electrons. The maximum absolute atomic E-state index is 13.0. The van der Waals surface area contributed by atoms with E-state index in [1.165, 1.54) is 15.3 Å². The number of carbonyl (C=O) groups is 1. The van der Waals surface area contributed by atoms with Crippen molar-refractivity contribution in [2.75, 3.05) is 24.5 Å². The Morgan fingerprint density at radius 2 is 1.77 bits per heavy atom. The summed E-state index contributed by atoms with van der Waals surface area (Å²) in [5.41, 5.74) is 3.47. The van der Waals surface area contributed by atoms with Gasteiger partial charge in [-0.25, -0.2) is 9.78 Å². The van der Waals surface area contributed by atoms with E-state index in [0.29, 0.717) is 5.92 Å². The van der Waals surface area contributed by atoms with Crippen molar-refractivity contribution in [3.63, 3.8) is 0 Å². The highest BCUT2D eigenvalue weighted by molar-refractivity contribution is 7.18. The molecule has 0 N–H and O–H groups in total. The van der Waals surface area contributed by atoms with Crippen LogP contribution in [0.5, 0.6) is 0 Å². The van der Waals surface area contributed by atoms with Gasteiger partial charge in [0.25, 0.3) is 0 Å². The van der Waals surface area contributed by atoms with E-state index in [1.807, 2.05) is 21.9 Å². The Morgan fingerprint density at radius 1 is 1.00 bits per heavy atom. The average molecular weight is 363 g/mol. The van der Waals surface area contributed by atoms with Crippen LogP contribution < -0.4 is 4.90 Å². The third-order valence-electron chi connectivity index (χ3n) is 5.54. The normalized spacial score (nSPS) is 17.7. The molecule has 26 heavy (non-hydrogen) atoms. The summed E-state index contributed by atoms with van der Waals surface area (Å²) in [6.45, 7) is 2.44. The molecule has 5 rings (SSSR count). The number of rotatable bonds is 1. The van der Waals surface area contributed by atoms with Crippen molar-refractivity contribution in [1.29, 1.82) is 0 Å². The Morgan fingerprint density at radius 3 is 2.62 bits per heavy atom. The zero-order chi connectivity index (χ0) is 17.5. The number of aromatic nitrogens is 1. The predicted molar refractivity (Wildman–Crippen MR) is 106 cm³/mol. The van der Waals surface area contributed by atoms with Crippen molar-refractivity contribution in [3.8, 4) is 0 Å². The summed E-state index contributed by atoms with van der Waals surface area (Å²) >= 11 is 1.80. The first-order chi connectivity index (χ1) is 12.8. The van der Waals surface area contributed by atoms with Gasteiger partial charge in [0.15, 0.2) is 0 Å². The summed E-state index contributed by atoms with van der Waals surface area (Å²) in [4.78, 5) is 21.8. The van der Waals surface area contributed by atoms with Gasteiger partial charge in [0.2, 0.25) is 0 Å². The van der Waals surface area contributed by atoms with Crippen LogP contribution in [0.3, 0.4) is 0 Å². The van der Waals surface area contributed by atoms with Crippen molar-refractivity contribution in [2.45, 2.75) is 25.2 Å². The summed E-state index contributed by atoms with van der Waals surface area (Å²) in [6.07, 6.45) is 2.96. The molecule has 0 unspecified atom stereocenters. The molecule has 1 aromatic heterocycles. The Labute approximate surface area is 157 Å². The maximum atomic E-state index is 13.0. The van der Waals surface area contributed by atoms with Crippen LogP contribution in [-0.4, -0.2) is 35.5 Å². The molecule has 3 aromatic rings. The van der Waals surface area contributed by atoms with Gasteiger partial charge in [-0.15, -0.1) is 11.3 Å². The summed E-state index contributed by atoms with van der Waals surface area (Å²) in [6, 6.07) is 16.8. The first-order valence-corrected chi connectivity index (χ1v) is 10.1. The number of thiazole rings is 1. The number of urea groups is 1. The van der Waals surface area contributed by atoms with Gasteiger partial charge in [0, 0.05) is 31.2 Å². The van der Waals surface area contributed by atoms with E-state index in [0.717, 1.165) is 50.1 Å². The van der Waals surface area contributed by atoms with Crippen LogP contribution >= 0.6 is 11.3 Å². The quantitative estimate of drug-likeness (QED) is 0.630. The van der Waals surface area contributed by atoms with Crippen molar-refractivity contribution in [2.24, 2.45) is 0 Å². The minimum absolute atomic E-state index is 0.165. The summed E-state index contributed by atoms with van der Waals surface area (Å²) < 4.78 is 1.26. The van der Waals surface area contributed by atoms with Gasteiger partial charge in [-0.3, -0.25) is 4.90 Å². The molecule has 0 bridgehead atoms. The number of nitrogens with zero attached hydrogens (tertiary/aromatic N) is 3. The number of fused-ring (bicyclic) bond motifs is 2. The molecule has 0 saturated carbocycles. The summed E-state index contributed by atoms with van der Waals surface area (Å²) in [5.74, 6) is 0.474. The predicted octanol–water partition coefficient (Wildman–Crippen LogP) is 4.66. The number of hydrogen-bond acceptors (Lipinski definition) is 3. The van der Waals surface area contributed by atoms with E-state index in [2.05, 4.69) is 36.4 Å². The maximum Gasteiger partial charge on any atom is 0.324 e. The minimum atomic E-state index is 0.165. The lowest BCUT2D eigenvalue weighted by atomic mass is 9.98. The van der Waals surface area contributed by atoms with Gasteiger partial charge in [-0.2, -0.15) is 0 Å². The molecule has 2 aromatic carbocycles. The molecule has 4 nitrogen and oxygen atoms in total. The fourth-order valence-corrected chi connectivity index (χ4v) is 5.23. The second kappa shape index (κ2) is 6.40. The zero-order valence-electron chi connectivity index (χ0n) is 14.6. The van der Waals surface area contributed by atoms with Crippen LogP contribution in [0.4, 0.5) is 10.5 Å². The highest BCUT2D eigenvalue weighted by atomic mass is 32.1. The van der Waals surface area contributed by atoms with Crippen LogP contribution in [0.1, 0.15) is 29.3 Å². The lowest BCUT2D eigenvalue weighted by molar-refractivity contribution is 0.188. The topological polar surface area (TPSA) is 36.4 Å². The SMILES string of the molecule is O=C(N1CCC(c2nc3ccccc3s2)CC1)N1CCc2ccccc21. The first-order valence-electron chi connectivity index (χ1n) is 9.29. The molecule has 0 aliphatic carbocycles. The Hall–Kier alpha value is -2.40. The third-order valence-corrected chi connectivity index (χ3v) is 6.74. The number of carbonyl (C=O) groups excluding carboxylic acids is 1. The van der Waals surface area contributed by atoms with Crippen LogP contribution in [0.25, 0.3) is 10.2 Å². The van der Waals surface area contributed by atoms with Crippen molar-refractivity contribution in [1.82, 2.24) is 9.88 Å². The number of benzene rings is 2. The van der Waals surface area contributed by atoms with Gasteiger partial charge in [0.1, 0.15) is 0 Å². The monoisotopic (exact) mass is 363 g/mol. The number of para-hydroxylation sites is 2.